The number of carbonyl (C=O) groups is 1. The molecule has 160 valence electrons. The first-order chi connectivity index (χ1) is 15.3. The van der Waals surface area contributed by atoms with E-state index in [4.69, 9.17) is 0 Å². The Morgan fingerprint density at radius 2 is 1.66 bits per heavy atom. The van der Waals surface area contributed by atoms with E-state index in [2.05, 4.69) is 19.9 Å². The molecule has 0 saturated carbocycles. The van der Waals surface area contributed by atoms with E-state index < -0.39 is 15.9 Å². The molecule has 0 fully saturated rings. The van der Waals surface area contributed by atoms with E-state index in [1.165, 1.54) is 30.5 Å². The van der Waals surface area contributed by atoms with Crippen LogP contribution in [0.25, 0.3) is 10.8 Å². The number of pyridine rings is 1. The third kappa shape index (κ3) is 4.33. The SMILES string of the molecule is Cc1ccc(S(=O)(=O)Nc2cc(N=NC(=O)c3ccccn3)c(O)c3ccccc23)cc1. The number of phenols is 1. The number of nitrogens with zero attached hydrogens (tertiary/aromatic N) is 3. The monoisotopic (exact) mass is 446 g/mol. The lowest BCUT2D eigenvalue weighted by molar-refractivity contribution is 0.0990. The van der Waals surface area contributed by atoms with Gasteiger partial charge < -0.3 is 5.11 Å². The lowest BCUT2D eigenvalue weighted by atomic mass is 10.1. The minimum absolute atomic E-state index is 0.0606. The van der Waals surface area contributed by atoms with Gasteiger partial charge in [-0.1, -0.05) is 48.0 Å². The second-order valence-electron chi connectivity index (χ2n) is 6.98. The van der Waals surface area contributed by atoms with Gasteiger partial charge in [0.1, 0.15) is 11.4 Å². The number of amides is 1. The summed E-state index contributed by atoms with van der Waals surface area (Å²) in [5, 5.41) is 19.0. The number of fused-ring (bicyclic) bond motifs is 1. The molecule has 4 aromatic rings. The summed E-state index contributed by atoms with van der Waals surface area (Å²) in [5.41, 5.74) is 1.16. The lowest BCUT2D eigenvalue weighted by Crippen LogP contribution is -2.13. The first kappa shape index (κ1) is 21.1. The number of nitrogens with one attached hydrogen (secondary N) is 1. The maximum absolute atomic E-state index is 12.9. The minimum atomic E-state index is -3.91. The highest BCUT2D eigenvalue weighted by Crippen LogP contribution is 2.40. The molecule has 1 heterocycles. The molecule has 0 spiro atoms. The molecule has 0 aliphatic rings. The Kier molecular flexibility index (Phi) is 5.65. The number of rotatable bonds is 5. The van der Waals surface area contributed by atoms with E-state index in [1.807, 2.05) is 6.92 Å². The molecule has 0 unspecified atom stereocenters. The van der Waals surface area contributed by atoms with Crippen molar-refractivity contribution in [3.05, 3.63) is 90.3 Å². The van der Waals surface area contributed by atoms with E-state index in [1.54, 1.807) is 48.5 Å². The fourth-order valence-corrected chi connectivity index (χ4v) is 4.14. The number of anilines is 1. The Balaban J connectivity index is 1.76. The highest BCUT2D eigenvalue weighted by Gasteiger charge is 2.18. The largest absolute Gasteiger partial charge is 0.505 e. The number of azo groups is 1. The molecule has 1 amide bonds. The van der Waals surface area contributed by atoms with E-state index in [9.17, 15) is 18.3 Å². The molecule has 2 N–H and O–H groups in total. The Bertz CT molecular complexity index is 1430. The maximum atomic E-state index is 12.9. The number of hydrogen-bond donors (Lipinski definition) is 2. The highest BCUT2D eigenvalue weighted by atomic mass is 32.2. The lowest BCUT2D eigenvalue weighted by Gasteiger charge is -2.13. The summed E-state index contributed by atoms with van der Waals surface area (Å²) in [6.45, 7) is 1.86. The number of benzene rings is 3. The number of hydrogen-bond acceptors (Lipinski definition) is 6. The summed E-state index contributed by atoms with van der Waals surface area (Å²) < 4.78 is 28.4. The number of aromatic nitrogens is 1. The van der Waals surface area contributed by atoms with Gasteiger partial charge in [0.05, 0.1) is 10.6 Å². The standard InChI is InChI=1S/C23H18N4O4S/c1-15-9-11-16(12-10-15)32(30,31)27-20-14-21(22(28)18-7-3-2-6-17(18)20)25-26-23(29)19-8-4-5-13-24-19/h2-14,27-28H,1H3. The normalized spacial score (nSPS) is 11.7. The minimum Gasteiger partial charge on any atom is -0.505 e. The maximum Gasteiger partial charge on any atom is 0.313 e. The zero-order valence-corrected chi connectivity index (χ0v) is 17.7. The van der Waals surface area contributed by atoms with Gasteiger partial charge in [-0.25, -0.2) is 8.42 Å². The van der Waals surface area contributed by atoms with E-state index in [0.717, 1.165) is 5.56 Å². The molecule has 0 saturated heterocycles. The zero-order chi connectivity index (χ0) is 22.7. The Hall–Kier alpha value is -4.11. The van der Waals surface area contributed by atoms with Gasteiger partial charge in [-0.2, -0.15) is 0 Å². The van der Waals surface area contributed by atoms with Crippen molar-refractivity contribution in [1.29, 1.82) is 0 Å². The van der Waals surface area contributed by atoms with Crippen LogP contribution in [0.5, 0.6) is 5.75 Å². The van der Waals surface area contributed by atoms with E-state index >= 15 is 0 Å². The molecule has 8 nitrogen and oxygen atoms in total. The molecule has 0 radical (unpaired) electrons. The van der Waals surface area contributed by atoms with Crippen LogP contribution in [0.4, 0.5) is 11.4 Å². The Morgan fingerprint density at radius 3 is 2.34 bits per heavy atom. The van der Waals surface area contributed by atoms with Crippen LogP contribution in [0.1, 0.15) is 16.1 Å². The van der Waals surface area contributed by atoms with Crippen LogP contribution in [0.15, 0.2) is 94.1 Å². The van der Waals surface area contributed by atoms with Gasteiger partial charge in [0, 0.05) is 17.0 Å². The molecule has 0 bridgehead atoms. The summed E-state index contributed by atoms with van der Waals surface area (Å²) in [5.74, 6) is -0.920. The van der Waals surface area contributed by atoms with Crippen molar-refractivity contribution in [2.75, 3.05) is 4.72 Å². The van der Waals surface area contributed by atoms with Crippen LogP contribution in [-0.2, 0) is 10.0 Å². The average molecular weight is 446 g/mol. The number of aryl methyl sites for hydroxylation is 1. The molecule has 0 atom stereocenters. The summed E-state index contributed by atoms with van der Waals surface area (Å²) in [6.07, 6.45) is 1.45. The fraction of sp³-hybridized carbons (Fsp3) is 0.0435. The topological polar surface area (TPSA) is 121 Å². The molecule has 4 rings (SSSR count). The third-order valence-corrected chi connectivity index (χ3v) is 6.09. The summed E-state index contributed by atoms with van der Waals surface area (Å²) in [4.78, 5) is 16.2. The highest BCUT2D eigenvalue weighted by molar-refractivity contribution is 7.92. The number of phenolic OH excluding ortho intramolecular Hbond substituents is 1. The molecular formula is C23H18N4O4S. The van der Waals surface area contributed by atoms with Crippen molar-refractivity contribution in [3.63, 3.8) is 0 Å². The first-order valence-electron chi connectivity index (χ1n) is 9.56. The van der Waals surface area contributed by atoms with Gasteiger partial charge in [0.25, 0.3) is 10.0 Å². The van der Waals surface area contributed by atoms with Crippen molar-refractivity contribution in [1.82, 2.24) is 4.98 Å². The fourth-order valence-electron chi connectivity index (χ4n) is 3.07. The zero-order valence-electron chi connectivity index (χ0n) is 16.9. The van der Waals surface area contributed by atoms with Crippen LogP contribution >= 0.6 is 0 Å². The van der Waals surface area contributed by atoms with Gasteiger partial charge in [-0.05, 0) is 37.3 Å². The average Bonchev–Trinajstić information content (AvgIpc) is 2.80. The van der Waals surface area contributed by atoms with Crippen LogP contribution < -0.4 is 4.72 Å². The smallest absolute Gasteiger partial charge is 0.313 e. The molecule has 32 heavy (non-hydrogen) atoms. The summed E-state index contributed by atoms with van der Waals surface area (Å²) >= 11 is 0. The Labute approximate surface area is 184 Å². The quantitative estimate of drug-likeness (QED) is 0.331. The number of sulfonamides is 1. The summed E-state index contributed by atoms with van der Waals surface area (Å²) in [7, 11) is -3.91. The van der Waals surface area contributed by atoms with Crippen LogP contribution in [0.2, 0.25) is 0 Å². The van der Waals surface area contributed by atoms with E-state index in [-0.39, 0.29) is 27.7 Å². The van der Waals surface area contributed by atoms with Gasteiger partial charge in [0.2, 0.25) is 0 Å². The van der Waals surface area contributed by atoms with Crippen LogP contribution in [0.3, 0.4) is 0 Å². The predicted octanol–water partition coefficient (Wildman–Crippen LogP) is 4.97. The molecular weight excluding hydrogens is 428 g/mol. The van der Waals surface area contributed by atoms with Crippen molar-refractivity contribution < 1.29 is 18.3 Å². The second-order valence-corrected chi connectivity index (χ2v) is 8.66. The van der Waals surface area contributed by atoms with Gasteiger partial charge in [-0.3, -0.25) is 14.5 Å². The Morgan fingerprint density at radius 1 is 0.969 bits per heavy atom. The van der Waals surface area contributed by atoms with Gasteiger partial charge in [-0.15, -0.1) is 10.2 Å². The molecule has 9 heteroatoms. The number of carbonyl (C=O) groups excluding carboxylic acids is 1. The summed E-state index contributed by atoms with van der Waals surface area (Å²) in [6, 6.07) is 19.2. The first-order valence-corrected chi connectivity index (χ1v) is 11.0. The third-order valence-electron chi connectivity index (χ3n) is 4.70. The molecule has 0 aliphatic heterocycles. The number of aromatic hydroxyl groups is 1. The van der Waals surface area contributed by atoms with Crippen molar-refractivity contribution in [3.8, 4) is 5.75 Å². The molecule has 3 aromatic carbocycles. The molecule has 0 aliphatic carbocycles. The van der Waals surface area contributed by atoms with Crippen molar-refractivity contribution in [2.24, 2.45) is 10.2 Å². The predicted molar refractivity (Wildman–Crippen MR) is 121 cm³/mol. The second kappa shape index (κ2) is 8.56. The molecule has 1 aromatic heterocycles. The van der Waals surface area contributed by atoms with Gasteiger partial charge in [0.15, 0.2) is 5.75 Å². The van der Waals surface area contributed by atoms with Gasteiger partial charge >= 0.3 is 5.91 Å². The van der Waals surface area contributed by atoms with Crippen molar-refractivity contribution >= 4 is 38.1 Å². The van der Waals surface area contributed by atoms with E-state index in [0.29, 0.717) is 10.8 Å². The van der Waals surface area contributed by atoms with Crippen LogP contribution in [-0.4, -0.2) is 24.4 Å². The van der Waals surface area contributed by atoms with Crippen molar-refractivity contribution in [2.45, 2.75) is 11.8 Å². The van der Waals surface area contributed by atoms with Crippen LogP contribution in [0, 0.1) is 6.92 Å².